The van der Waals surface area contributed by atoms with Crippen molar-refractivity contribution in [1.82, 2.24) is 9.97 Å². The Bertz CT molecular complexity index is 575. The Morgan fingerprint density at radius 1 is 1.33 bits per heavy atom. The maximum atomic E-state index is 10.7. The first-order valence-electron chi connectivity index (χ1n) is 5.09. The Labute approximate surface area is 108 Å². The van der Waals surface area contributed by atoms with Gasteiger partial charge in [0.1, 0.15) is 6.61 Å². The molecule has 0 radical (unpaired) electrons. The highest BCUT2D eigenvalue weighted by Gasteiger charge is 2.07. The van der Waals surface area contributed by atoms with Gasteiger partial charge < -0.3 is 9.84 Å². The molecule has 0 fully saturated rings. The third-order valence-electron chi connectivity index (χ3n) is 2.17. The van der Waals surface area contributed by atoms with E-state index in [1.54, 1.807) is 6.07 Å². The van der Waals surface area contributed by atoms with Gasteiger partial charge in [-0.25, -0.2) is 9.78 Å². The summed E-state index contributed by atoms with van der Waals surface area (Å²) in [4.78, 5) is 18.3. The quantitative estimate of drug-likeness (QED) is 0.918. The second kappa shape index (κ2) is 5.46. The molecule has 0 spiro atoms. The van der Waals surface area contributed by atoms with Crippen LogP contribution < -0.4 is 4.74 Å². The minimum Gasteiger partial charge on any atom is -0.477 e. The lowest BCUT2D eigenvalue weighted by Crippen LogP contribution is -2.05. The SMILES string of the molecule is O=C(O)c1ccnc(OCc2ccccc2Cl)n1. The molecular formula is C12H9ClN2O3. The van der Waals surface area contributed by atoms with E-state index in [2.05, 4.69) is 9.97 Å². The fourth-order valence-corrected chi connectivity index (χ4v) is 1.48. The first-order chi connectivity index (χ1) is 8.66. The number of carboxylic acid groups (broad SMARTS) is 1. The number of carbonyl (C=O) groups is 1. The van der Waals surface area contributed by atoms with Crippen molar-refractivity contribution in [3.8, 4) is 6.01 Å². The molecule has 0 bridgehead atoms. The molecule has 2 rings (SSSR count). The summed E-state index contributed by atoms with van der Waals surface area (Å²) in [5.41, 5.74) is 0.669. The summed E-state index contributed by atoms with van der Waals surface area (Å²) >= 11 is 5.96. The van der Waals surface area contributed by atoms with E-state index < -0.39 is 5.97 Å². The van der Waals surface area contributed by atoms with Crippen LogP contribution in [0.2, 0.25) is 5.02 Å². The molecule has 0 aliphatic heterocycles. The van der Waals surface area contributed by atoms with Crippen LogP contribution in [-0.2, 0) is 6.61 Å². The van der Waals surface area contributed by atoms with Gasteiger partial charge in [0.05, 0.1) is 0 Å². The van der Waals surface area contributed by atoms with Crippen LogP contribution in [0.5, 0.6) is 6.01 Å². The lowest BCUT2D eigenvalue weighted by atomic mass is 10.2. The van der Waals surface area contributed by atoms with E-state index in [1.165, 1.54) is 12.3 Å². The molecule has 1 N–H and O–H groups in total. The molecule has 1 aromatic carbocycles. The van der Waals surface area contributed by atoms with Crippen LogP contribution >= 0.6 is 11.6 Å². The Morgan fingerprint density at radius 3 is 2.83 bits per heavy atom. The summed E-state index contributed by atoms with van der Waals surface area (Å²) < 4.78 is 5.29. The van der Waals surface area contributed by atoms with E-state index in [4.69, 9.17) is 21.4 Å². The predicted molar refractivity (Wildman–Crippen MR) is 64.8 cm³/mol. The van der Waals surface area contributed by atoms with Crippen molar-refractivity contribution in [3.63, 3.8) is 0 Å². The number of halogens is 1. The van der Waals surface area contributed by atoms with Gasteiger partial charge in [-0.1, -0.05) is 29.8 Å². The Balaban J connectivity index is 2.09. The highest BCUT2D eigenvalue weighted by molar-refractivity contribution is 6.31. The lowest BCUT2D eigenvalue weighted by molar-refractivity contribution is 0.0688. The largest absolute Gasteiger partial charge is 0.477 e. The van der Waals surface area contributed by atoms with E-state index in [-0.39, 0.29) is 18.3 Å². The Morgan fingerprint density at radius 2 is 2.11 bits per heavy atom. The molecule has 0 saturated heterocycles. The van der Waals surface area contributed by atoms with Crippen molar-refractivity contribution in [2.45, 2.75) is 6.61 Å². The summed E-state index contributed by atoms with van der Waals surface area (Å²) in [5.74, 6) is -1.13. The highest BCUT2D eigenvalue weighted by atomic mass is 35.5. The van der Waals surface area contributed by atoms with Gasteiger partial charge in [-0.2, -0.15) is 4.98 Å². The van der Waals surface area contributed by atoms with Gasteiger partial charge in [0.15, 0.2) is 5.69 Å². The van der Waals surface area contributed by atoms with Crippen molar-refractivity contribution in [2.75, 3.05) is 0 Å². The van der Waals surface area contributed by atoms with Crippen molar-refractivity contribution < 1.29 is 14.6 Å². The van der Waals surface area contributed by atoms with Gasteiger partial charge in [0.25, 0.3) is 0 Å². The molecule has 6 heteroatoms. The molecule has 18 heavy (non-hydrogen) atoms. The summed E-state index contributed by atoms with van der Waals surface area (Å²) in [6, 6.07) is 8.50. The number of carboxylic acids is 1. The molecule has 1 heterocycles. The van der Waals surface area contributed by atoms with Crippen molar-refractivity contribution in [3.05, 3.63) is 52.8 Å². The van der Waals surface area contributed by atoms with E-state index in [0.29, 0.717) is 5.02 Å². The smallest absolute Gasteiger partial charge is 0.354 e. The molecule has 0 saturated carbocycles. The standard InChI is InChI=1S/C12H9ClN2O3/c13-9-4-2-1-3-8(9)7-18-12-14-6-5-10(15-12)11(16)17/h1-6H,7H2,(H,16,17). The zero-order valence-electron chi connectivity index (χ0n) is 9.21. The predicted octanol–water partition coefficient (Wildman–Crippen LogP) is 2.41. The second-order valence-corrected chi connectivity index (χ2v) is 3.82. The van der Waals surface area contributed by atoms with Crippen LogP contribution in [0.15, 0.2) is 36.5 Å². The molecule has 0 amide bonds. The summed E-state index contributed by atoms with van der Waals surface area (Å²) in [6.07, 6.45) is 1.33. The molecule has 92 valence electrons. The van der Waals surface area contributed by atoms with Crippen LogP contribution in [0, 0.1) is 0 Å². The van der Waals surface area contributed by atoms with E-state index in [0.717, 1.165) is 5.56 Å². The number of ether oxygens (including phenoxy) is 1. The molecule has 5 nitrogen and oxygen atoms in total. The molecule has 0 atom stereocenters. The van der Waals surface area contributed by atoms with Crippen molar-refractivity contribution in [2.24, 2.45) is 0 Å². The van der Waals surface area contributed by atoms with Gasteiger partial charge in [0, 0.05) is 16.8 Å². The average Bonchev–Trinajstić information content (AvgIpc) is 2.38. The van der Waals surface area contributed by atoms with Gasteiger partial charge >= 0.3 is 12.0 Å². The number of aromatic nitrogens is 2. The van der Waals surface area contributed by atoms with Crippen LogP contribution in [0.4, 0.5) is 0 Å². The third-order valence-corrected chi connectivity index (χ3v) is 2.54. The fraction of sp³-hybridized carbons (Fsp3) is 0.0833. The second-order valence-electron chi connectivity index (χ2n) is 3.41. The zero-order valence-corrected chi connectivity index (χ0v) is 9.96. The highest BCUT2D eigenvalue weighted by Crippen LogP contribution is 2.16. The molecular weight excluding hydrogens is 256 g/mol. The minimum absolute atomic E-state index is 0.00909. The molecule has 0 aliphatic rings. The first-order valence-corrected chi connectivity index (χ1v) is 5.47. The number of nitrogens with zero attached hydrogens (tertiary/aromatic N) is 2. The monoisotopic (exact) mass is 264 g/mol. The maximum Gasteiger partial charge on any atom is 0.354 e. The van der Waals surface area contributed by atoms with E-state index in [1.807, 2.05) is 18.2 Å². The lowest BCUT2D eigenvalue weighted by Gasteiger charge is -2.06. The minimum atomic E-state index is -1.13. The van der Waals surface area contributed by atoms with Crippen LogP contribution in [0.3, 0.4) is 0 Å². The topological polar surface area (TPSA) is 72.3 Å². The van der Waals surface area contributed by atoms with Crippen molar-refractivity contribution >= 4 is 17.6 Å². The first kappa shape index (κ1) is 12.3. The van der Waals surface area contributed by atoms with E-state index in [9.17, 15) is 4.79 Å². The Hall–Kier alpha value is -2.14. The third kappa shape index (κ3) is 2.95. The molecule has 2 aromatic rings. The maximum absolute atomic E-state index is 10.7. The fourth-order valence-electron chi connectivity index (χ4n) is 1.29. The molecule has 1 aromatic heterocycles. The van der Waals surface area contributed by atoms with E-state index >= 15 is 0 Å². The van der Waals surface area contributed by atoms with Crippen LogP contribution in [-0.4, -0.2) is 21.0 Å². The summed E-state index contributed by atoms with van der Waals surface area (Å²) in [5, 5.41) is 9.35. The summed E-state index contributed by atoms with van der Waals surface area (Å²) in [6.45, 7) is 0.183. The number of rotatable bonds is 4. The normalized spacial score (nSPS) is 10.1. The average molecular weight is 265 g/mol. The number of aromatic carboxylic acids is 1. The zero-order chi connectivity index (χ0) is 13.0. The summed E-state index contributed by atoms with van der Waals surface area (Å²) in [7, 11) is 0. The Kier molecular flexibility index (Phi) is 3.74. The molecule has 0 unspecified atom stereocenters. The van der Waals surface area contributed by atoms with Gasteiger partial charge in [-0.05, 0) is 12.1 Å². The van der Waals surface area contributed by atoms with Gasteiger partial charge in [-0.15, -0.1) is 0 Å². The number of hydrogen-bond donors (Lipinski definition) is 1. The van der Waals surface area contributed by atoms with Crippen molar-refractivity contribution in [1.29, 1.82) is 0 Å². The number of hydrogen-bond acceptors (Lipinski definition) is 4. The number of benzene rings is 1. The molecule has 0 aliphatic carbocycles. The van der Waals surface area contributed by atoms with Gasteiger partial charge in [-0.3, -0.25) is 0 Å². The van der Waals surface area contributed by atoms with Gasteiger partial charge in [0.2, 0.25) is 0 Å². The van der Waals surface area contributed by atoms with Crippen LogP contribution in [0.25, 0.3) is 0 Å². The van der Waals surface area contributed by atoms with Crippen LogP contribution in [0.1, 0.15) is 16.1 Å².